The van der Waals surface area contributed by atoms with Crippen molar-refractivity contribution in [1.82, 2.24) is 20.3 Å². The Bertz CT molecular complexity index is 1010. The minimum atomic E-state index is -0.278. The minimum absolute atomic E-state index is 0.164. The van der Waals surface area contributed by atoms with E-state index in [9.17, 15) is 9.18 Å². The zero-order chi connectivity index (χ0) is 20.9. The number of carbonyl (C=O) groups is 1. The second kappa shape index (κ2) is 9.19. The molecule has 3 aromatic rings. The van der Waals surface area contributed by atoms with Gasteiger partial charge in [-0.3, -0.25) is 9.89 Å². The smallest absolute Gasteiger partial charge is 0.227 e. The van der Waals surface area contributed by atoms with Crippen LogP contribution in [0.2, 0.25) is 0 Å². The van der Waals surface area contributed by atoms with Crippen molar-refractivity contribution in [3.05, 3.63) is 47.2 Å². The number of halogens is 1. The lowest BCUT2D eigenvalue weighted by Gasteiger charge is -2.20. The van der Waals surface area contributed by atoms with Gasteiger partial charge in [-0.25, -0.2) is 4.39 Å². The maximum Gasteiger partial charge on any atom is 0.227 e. The summed E-state index contributed by atoms with van der Waals surface area (Å²) in [6, 6.07) is 6.56. The van der Waals surface area contributed by atoms with E-state index in [-0.39, 0.29) is 18.1 Å². The van der Waals surface area contributed by atoms with Gasteiger partial charge in [-0.2, -0.15) is 10.1 Å². The zero-order valence-corrected chi connectivity index (χ0v) is 17.1. The molecule has 2 aromatic heterocycles. The van der Waals surface area contributed by atoms with E-state index < -0.39 is 0 Å². The summed E-state index contributed by atoms with van der Waals surface area (Å²) < 4.78 is 18.6. The summed E-state index contributed by atoms with van der Waals surface area (Å²) in [5.74, 6) is 1.55. The molecule has 0 atom stereocenters. The van der Waals surface area contributed by atoms with Crippen LogP contribution < -0.4 is 5.32 Å². The van der Waals surface area contributed by atoms with Crippen molar-refractivity contribution in [3.8, 4) is 11.4 Å². The van der Waals surface area contributed by atoms with Crippen molar-refractivity contribution in [2.24, 2.45) is 5.92 Å². The Morgan fingerprint density at radius 3 is 2.90 bits per heavy atom. The van der Waals surface area contributed by atoms with Gasteiger partial charge in [0.25, 0.3) is 0 Å². The van der Waals surface area contributed by atoms with Gasteiger partial charge in [-0.05, 0) is 43.0 Å². The summed E-state index contributed by atoms with van der Waals surface area (Å²) in [7, 11) is 0. The Balaban J connectivity index is 1.27. The first kappa shape index (κ1) is 20.3. The van der Waals surface area contributed by atoms with Crippen LogP contribution in [0.1, 0.15) is 55.7 Å². The van der Waals surface area contributed by atoms with Gasteiger partial charge in [0, 0.05) is 30.2 Å². The molecule has 30 heavy (non-hydrogen) atoms. The number of carbonyl (C=O) groups excluding carboxylic acids is 1. The van der Waals surface area contributed by atoms with E-state index in [0.717, 1.165) is 12.1 Å². The highest BCUT2D eigenvalue weighted by Crippen LogP contribution is 2.26. The summed E-state index contributed by atoms with van der Waals surface area (Å²) in [4.78, 5) is 16.5. The van der Waals surface area contributed by atoms with Gasteiger partial charge in [0.2, 0.25) is 17.6 Å². The molecule has 1 fully saturated rings. The van der Waals surface area contributed by atoms with Gasteiger partial charge in [0.1, 0.15) is 5.82 Å². The summed E-state index contributed by atoms with van der Waals surface area (Å²) in [6.45, 7) is 1.68. The Hall–Kier alpha value is -3.03. The van der Waals surface area contributed by atoms with Crippen LogP contribution in [0.15, 0.2) is 28.8 Å². The normalized spacial score (nSPS) is 14.7. The molecular weight excluding hydrogens is 385 g/mol. The number of nitrogens with one attached hydrogen (secondary N) is 2. The number of aromatic amines is 1. The number of amides is 1. The average Bonchev–Trinajstić information content (AvgIpc) is 3.39. The molecule has 1 amide bonds. The SMILES string of the molecule is Cc1cc(-c2noc(CCC(=O)Nc3cc(CC4CCCCC4)[nH]n3)n2)ccc1F. The summed E-state index contributed by atoms with van der Waals surface area (Å²) in [5.41, 5.74) is 2.25. The Morgan fingerprint density at radius 1 is 1.27 bits per heavy atom. The fourth-order valence-corrected chi connectivity index (χ4v) is 3.92. The third kappa shape index (κ3) is 5.11. The van der Waals surface area contributed by atoms with Gasteiger partial charge in [0.15, 0.2) is 5.82 Å². The van der Waals surface area contributed by atoms with Crippen LogP contribution in [0.4, 0.5) is 10.2 Å². The van der Waals surface area contributed by atoms with E-state index in [4.69, 9.17) is 4.52 Å². The highest BCUT2D eigenvalue weighted by Gasteiger charge is 2.16. The van der Waals surface area contributed by atoms with E-state index >= 15 is 0 Å². The van der Waals surface area contributed by atoms with E-state index in [1.165, 1.54) is 38.2 Å². The van der Waals surface area contributed by atoms with Crippen LogP contribution in [0.25, 0.3) is 11.4 Å². The quantitative estimate of drug-likeness (QED) is 0.592. The largest absolute Gasteiger partial charge is 0.339 e. The van der Waals surface area contributed by atoms with Crippen molar-refractivity contribution in [2.75, 3.05) is 5.32 Å². The molecule has 0 aliphatic heterocycles. The van der Waals surface area contributed by atoms with Crippen LogP contribution in [0.5, 0.6) is 0 Å². The maximum absolute atomic E-state index is 13.4. The number of nitrogens with zero attached hydrogens (tertiary/aromatic N) is 3. The van der Waals surface area contributed by atoms with Crippen LogP contribution in [0.3, 0.4) is 0 Å². The monoisotopic (exact) mass is 411 g/mol. The summed E-state index contributed by atoms with van der Waals surface area (Å²) >= 11 is 0. The van der Waals surface area contributed by atoms with Crippen molar-refractivity contribution < 1.29 is 13.7 Å². The molecule has 0 unspecified atom stereocenters. The van der Waals surface area contributed by atoms with Crippen molar-refractivity contribution in [3.63, 3.8) is 0 Å². The highest BCUT2D eigenvalue weighted by atomic mass is 19.1. The molecule has 1 aliphatic carbocycles. The highest BCUT2D eigenvalue weighted by molar-refractivity contribution is 5.89. The average molecular weight is 411 g/mol. The van der Waals surface area contributed by atoms with Crippen molar-refractivity contribution >= 4 is 11.7 Å². The predicted molar refractivity (Wildman–Crippen MR) is 110 cm³/mol. The zero-order valence-electron chi connectivity index (χ0n) is 17.1. The second-order valence-corrected chi connectivity index (χ2v) is 8.01. The first-order valence-corrected chi connectivity index (χ1v) is 10.5. The maximum atomic E-state index is 13.4. The molecule has 2 N–H and O–H groups in total. The Labute approximate surface area is 174 Å². The van der Waals surface area contributed by atoms with E-state index in [2.05, 4.69) is 25.7 Å². The standard InChI is InChI=1S/C22H26FN5O2/c1-14-11-16(7-8-18(14)23)22-25-21(30-28-22)10-9-20(29)24-19-13-17(26-27-19)12-15-5-3-2-4-6-15/h7-8,11,13,15H,2-6,9-10,12H2,1H3,(H2,24,26,27,29). The number of H-pyrrole nitrogens is 1. The molecule has 0 spiro atoms. The molecule has 0 saturated heterocycles. The number of hydrogen-bond acceptors (Lipinski definition) is 5. The number of anilines is 1. The van der Waals surface area contributed by atoms with Gasteiger partial charge in [-0.1, -0.05) is 37.3 Å². The van der Waals surface area contributed by atoms with Crippen LogP contribution in [0, 0.1) is 18.7 Å². The molecule has 0 radical (unpaired) electrons. The first-order chi connectivity index (χ1) is 14.6. The van der Waals surface area contributed by atoms with Crippen LogP contribution in [-0.4, -0.2) is 26.2 Å². The molecule has 1 saturated carbocycles. The molecule has 8 heteroatoms. The molecule has 4 rings (SSSR count). The van der Waals surface area contributed by atoms with Gasteiger partial charge in [-0.15, -0.1) is 0 Å². The number of hydrogen-bond donors (Lipinski definition) is 2. The Morgan fingerprint density at radius 2 is 2.10 bits per heavy atom. The van der Waals surface area contributed by atoms with Gasteiger partial charge < -0.3 is 9.84 Å². The predicted octanol–water partition coefficient (Wildman–Crippen LogP) is 4.60. The lowest BCUT2D eigenvalue weighted by molar-refractivity contribution is -0.116. The lowest BCUT2D eigenvalue weighted by atomic mass is 9.86. The molecule has 7 nitrogen and oxygen atoms in total. The summed E-state index contributed by atoms with van der Waals surface area (Å²) in [6.07, 6.45) is 7.99. The van der Waals surface area contributed by atoms with Crippen LogP contribution in [-0.2, 0) is 17.6 Å². The van der Waals surface area contributed by atoms with Crippen molar-refractivity contribution in [1.29, 1.82) is 0 Å². The van der Waals surface area contributed by atoms with Gasteiger partial charge in [0.05, 0.1) is 0 Å². The third-order valence-electron chi connectivity index (χ3n) is 5.58. The number of rotatable bonds is 7. The minimum Gasteiger partial charge on any atom is -0.339 e. The molecule has 0 bridgehead atoms. The molecule has 158 valence electrons. The third-order valence-corrected chi connectivity index (χ3v) is 5.58. The van der Waals surface area contributed by atoms with E-state index in [1.54, 1.807) is 19.1 Å². The van der Waals surface area contributed by atoms with Crippen LogP contribution >= 0.6 is 0 Å². The fraction of sp³-hybridized carbons (Fsp3) is 0.455. The molecule has 1 aliphatic rings. The van der Waals surface area contributed by atoms with Gasteiger partial charge >= 0.3 is 0 Å². The van der Waals surface area contributed by atoms with E-state index in [0.29, 0.717) is 41.0 Å². The summed E-state index contributed by atoms with van der Waals surface area (Å²) in [5, 5.41) is 14.0. The molecule has 1 aromatic carbocycles. The topological polar surface area (TPSA) is 96.7 Å². The fourth-order valence-electron chi connectivity index (χ4n) is 3.92. The van der Waals surface area contributed by atoms with Crippen molar-refractivity contribution in [2.45, 2.75) is 58.3 Å². The first-order valence-electron chi connectivity index (χ1n) is 10.5. The Kier molecular flexibility index (Phi) is 6.21. The molecular formula is C22H26FN5O2. The number of aryl methyl sites for hydroxylation is 2. The second-order valence-electron chi connectivity index (χ2n) is 8.01. The molecule has 2 heterocycles. The lowest BCUT2D eigenvalue weighted by Crippen LogP contribution is -2.12. The van der Waals surface area contributed by atoms with E-state index in [1.807, 2.05) is 6.07 Å². The number of aromatic nitrogens is 4. The number of benzene rings is 1.